The van der Waals surface area contributed by atoms with E-state index in [9.17, 15) is 14.0 Å². The first-order valence-corrected chi connectivity index (χ1v) is 10.3. The summed E-state index contributed by atoms with van der Waals surface area (Å²) in [6.45, 7) is 1.60. The van der Waals surface area contributed by atoms with E-state index in [2.05, 4.69) is 34.2 Å². The van der Waals surface area contributed by atoms with Gasteiger partial charge in [0.1, 0.15) is 5.82 Å². The van der Waals surface area contributed by atoms with E-state index in [1.807, 2.05) is 0 Å². The molecule has 1 fully saturated rings. The van der Waals surface area contributed by atoms with Crippen LogP contribution in [0.3, 0.4) is 0 Å². The quantitative estimate of drug-likeness (QED) is 0.662. The lowest BCUT2D eigenvalue weighted by atomic mass is 10.0. The van der Waals surface area contributed by atoms with Gasteiger partial charge in [0.05, 0.1) is 11.4 Å². The van der Waals surface area contributed by atoms with Crippen molar-refractivity contribution in [3.05, 3.63) is 76.7 Å². The zero-order valence-electron chi connectivity index (χ0n) is 17.6. The van der Waals surface area contributed by atoms with Crippen molar-refractivity contribution in [2.75, 3.05) is 37.4 Å². The van der Waals surface area contributed by atoms with Gasteiger partial charge in [-0.15, -0.1) is 0 Å². The molecule has 2 heterocycles. The predicted molar refractivity (Wildman–Crippen MR) is 120 cm³/mol. The average Bonchev–Trinajstić information content (AvgIpc) is 3.20. The number of H-pyrrole nitrogens is 1. The zero-order valence-corrected chi connectivity index (χ0v) is 17.6. The van der Waals surface area contributed by atoms with Crippen LogP contribution in [0.15, 0.2) is 59.7 Å². The van der Waals surface area contributed by atoms with Gasteiger partial charge in [0.25, 0.3) is 5.91 Å². The first-order valence-electron chi connectivity index (χ1n) is 10.3. The van der Waals surface area contributed by atoms with Gasteiger partial charge in [0, 0.05) is 42.8 Å². The van der Waals surface area contributed by atoms with E-state index in [1.165, 1.54) is 16.8 Å². The number of imidazole rings is 1. The lowest BCUT2D eigenvalue weighted by Crippen LogP contribution is -2.42. The first kappa shape index (κ1) is 20.9. The summed E-state index contributed by atoms with van der Waals surface area (Å²) in [4.78, 5) is 31.3. The average molecular weight is 423 g/mol. The molecule has 3 aromatic rings. The Hall–Kier alpha value is -3.39. The van der Waals surface area contributed by atoms with Crippen LogP contribution < -0.4 is 15.9 Å². The summed E-state index contributed by atoms with van der Waals surface area (Å²) in [6.07, 6.45) is 5.11. The Kier molecular flexibility index (Phi) is 5.90. The van der Waals surface area contributed by atoms with Crippen LogP contribution in [0.4, 0.5) is 15.8 Å². The minimum absolute atomic E-state index is 0.287. The Balaban J connectivity index is 1.46. The standard InChI is InChI=1S/C23H26FN5O2/c1-27(2)18-8-11-28(12-9-18)21-7-6-17(15-20(21)24)26-22(30)16-4-3-5-19(14-16)29-13-10-25-23(29)31/h3-7,10,13-15,18H,8-9,11-12H2,1-2H3,(H,25,31)(H,26,30). The number of rotatable bonds is 5. The van der Waals surface area contributed by atoms with E-state index in [0.29, 0.717) is 28.7 Å². The van der Waals surface area contributed by atoms with Crippen LogP contribution in [0.1, 0.15) is 23.2 Å². The van der Waals surface area contributed by atoms with Crippen molar-refractivity contribution in [1.82, 2.24) is 14.5 Å². The smallest absolute Gasteiger partial charge is 0.330 e. The first-order chi connectivity index (χ1) is 14.9. The molecular weight excluding hydrogens is 397 g/mol. The number of hydrogen-bond donors (Lipinski definition) is 2. The molecule has 1 aromatic heterocycles. The van der Waals surface area contributed by atoms with Gasteiger partial charge in [-0.1, -0.05) is 6.07 Å². The van der Waals surface area contributed by atoms with E-state index < -0.39 is 0 Å². The van der Waals surface area contributed by atoms with Crippen LogP contribution >= 0.6 is 0 Å². The number of aromatic amines is 1. The van der Waals surface area contributed by atoms with Crippen LogP contribution in [-0.4, -0.2) is 53.6 Å². The van der Waals surface area contributed by atoms with Gasteiger partial charge in [-0.3, -0.25) is 9.36 Å². The molecule has 2 aromatic carbocycles. The molecule has 7 nitrogen and oxygen atoms in total. The Morgan fingerprint density at radius 2 is 1.94 bits per heavy atom. The molecular formula is C23H26FN5O2. The fraction of sp³-hybridized carbons (Fsp3) is 0.304. The molecule has 0 aliphatic carbocycles. The minimum atomic E-state index is -0.371. The molecule has 2 N–H and O–H groups in total. The number of carbonyl (C=O) groups excluding carboxylic acids is 1. The molecule has 0 radical (unpaired) electrons. The molecule has 1 saturated heterocycles. The molecule has 0 unspecified atom stereocenters. The number of hydrogen-bond acceptors (Lipinski definition) is 4. The fourth-order valence-corrected chi connectivity index (χ4v) is 3.99. The highest BCUT2D eigenvalue weighted by molar-refractivity contribution is 6.04. The number of halogens is 1. The second-order valence-electron chi connectivity index (χ2n) is 7.99. The number of nitrogens with zero attached hydrogens (tertiary/aromatic N) is 3. The van der Waals surface area contributed by atoms with Crippen molar-refractivity contribution < 1.29 is 9.18 Å². The molecule has 162 valence electrons. The van der Waals surface area contributed by atoms with Crippen molar-refractivity contribution in [1.29, 1.82) is 0 Å². The maximum absolute atomic E-state index is 14.8. The summed E-state index contributed by atoms with van der Waals surface area (Å²) in [5.74, 6) is -0.724. The normalized spacial score (nSPS) is 14.8. The fourth-order valence-electron chi connectivity index (χ4n) is 3.99. The number of carbonyl (C=O) groups is 1. The van der Waals surface area contributed by atoms with Crippen LogP contribution in [0, 0.1) is 5.82 Å². The highest BCUT2D eigenvalue weighted by atomic mass is 19.1. The molecule has 4 rings (SSSR count). The van der Waals surface area contributed by atoms with E-state index in [0.717, 1.165) is 25.9 Å². The molecule has 0 bridgehead atoms. The Bertz CT molecular complexity index is 1130. The second-order valence-corrected chi connectivity index (χ2v) is 7.99. The summed E-state index contributed by atoms with van der Waals surface area (Å²) in [5.41, 5.74) is 1.61. The van der Waals surface area contributed by atoms with Gasteiger partial charge in [-0.25, -0.2) is 9.18 Å². The molecule has 1 aliphatic heterocycles. The van der Waals surface area contributed by atoms with Gasteiger partial charge in [-0.2, -0.15) is 0 Å². The zero-order chi connectivity index (χ0) is 22.0. The Morgan fingerprint density at radius 3 is 2.58 bits per heavy atom. The van der Waals surface area contributed by atoms with Crippen molar-refractivity contribution in [3.8, 4) is 5.69 Å². The van der Waals surface area contributed by atoms with Crippen LogP contribution in [0.25, 0.3) is 5.69 Å². The van der Waals surface area contributed by atoms with Crippen LogP contribution in [0.2, 0.25) is 0 Å². The summed E-state index contributed by atoms with van der Waals surface area (Å²) in [6, 6.07) is 12.0. The van der Waals surface area contributed by atoms with Gasteiger partial charge < -0.3 is 20.1 Å². The summed E-state index contributed by atoms with van der Waals surface area (Å²) < 4.78 is 16.2. The highest BCUT2D eigenvalue weighted by Crippen LogP contribution is 2.27. The van der Waals surface area contributed by atoms with Crippen LogP contribution in [0.5, 0.6) is 0 Å². The lowest BCUT2D eigenvalue weighted by molar-refractivity contribution is 0.102. The van der Waals surface area contributed by atoms with Gasteiger partial charge in [0.2, 0.25) is 0 Å². The number of amides is 1. The van der Waals surface area contributed by atoms with E-state index in [4.69, 9.17) is 0 Å². The molecule has 1 amide bonds. The highest BCUT2D eigenvalue weighted by Gasteiger charge is 2.22. The molecule has 0 atom stereocenters. The number of piperidine rings is 1. The van der Waals surface area contributed by atoms with E-state index in [-0.39, 0.29) is 17.4 Å². The third-order valence-corrected chi connectivity index (χ3v) is 5.78. The van der Waals surface area contributed by atoms with Crippen molar-refractivity contribution in [2.24, 2.45) is 0 Å². The van der Waals surface area contributed by atoms with Gasteiger partial charge >= 0.3 is 5.69 Å². The lowest BCUT2D eigenvalue weighted by Gasteiger charge is -2.36. The minimum Gasteiger partial charge on any atom is -0.369 e. The molecule has 0 saturated carbocycles. The number of nitrogens with one attached hydrogen (secondary N) is 2. The maximum Gasteiger partial charge on any atom is 0.330 e. The Morgan fingerprint density at radius 1 is 1.16 bits per heavy atom. The Labute approximate surface area is 180 Å². The summed E-state index contributed by atoms with van der Waals surface area (Å²) in [5, 5.41) is 2.74. The van der Waals surface area contributed by atoms with E-state index >= 15 is 0 Å². The molecule has 0 spiro atoms. The largest absolute Gasteiger partial charge is 0.369 e. The van der Waals surface area contributed by atoms with Crippen LogP contribution in [-0.2, 0) is 0 Å². The molecule has 8 heteroatoms. The summed E-state index contributed by atoms with van der Waals surface area (Å²) in [7, 11) is 4.15. The summed E-state index contributed by atoms with van der Waals surface area (Å²) >= 11 is 0. The molecule has 1 aliphatic rings. The van der Waals surface area contributed by atoms with E-state index in [1.54, 1.807) is 42.6 Å². The third kappa shape index (κ3) is 4.54. The van der Waals surface area contributed by atoms with Gasteiger partial charge in [-0.05, 0) is 63.3 Å². The number of aromatic nitrogens is 2. The van der Waals surface area contributed by atoms with Crippen molar-refractivity contribution >= 4 is 17.3 Å². The SMILES string of the molecule is CN(C)C1CCN(c2ccc(NC(=O)c3cccc(-n4cc[nH]c4=O)c3)cc2F)CC1. The number of benzene rings is 2. The van der Waals surface area contributed by atoms with Crippen molar-refractivity contribution in [2.45, 2.75) is 18.9 Å². The monoisotopic (exact) mass is 423 g/mol. The topological polar surface area (TPSA) is 73.4 Å². The van der Waals surface area contributed by atoms with Crippen molar-refractivity contribution in [3.63, 3.8) is 0 Å². The third-order valence-electron chi connectivity index (χ3n) is 5.78. The maximum atomic E-state index is 14.8. The predicted octanol–water partition coefficient (Wildman–Crippen LogP) is 3.09. The van der Waals surface area contributed by atoms with Gasteiger partial charge in [0.15, 0.2) is 0 Å². The number of anilines is 2. The second kappa shape index (κ2) is 8.77. The molecule has 31 heavy (non-hydrogen) atoms.